The Kier molecular flexibility index (Phi) is 9.68. The van der Waals surface area contributed by atoms with E-state index < -0.39 is 12.1 Å². The van der Waals surface area contributed by atoms with E-state index in [-0.39, 0.29) is 24.5 Å². The van der Waals surface area contributed by atoms with Crippen LogP contribution in [-0.4, -0.2) is 41.9 Å². The van der Waals surface area contributed by atoms with Crippen molar-refractivity contribution in [3.05, 3.63) is 29.3 Å². The van der Waals surface area contributed by atoms with Gasteiger partial charge >= 0.3 is 0 Å². The Bertz CT molecular complexity index is 750. The van der Waals surface area contributed by atoms with Gasteiger partial charge in [0.1, 0.15) is 12.1 Å². The number of likely N-dealkylation sites (N-methyl/N-ethyl adjacent to an activating group) is 1. The first-order valence-corrected chi connectivity index (χ1v) is 11.4. The SMILES string of the molecule is CCCCCCCCC#Cc1ccc2c(c1)[C@H](O)[C@@H](CO)NC(=O)[C@H](C(C)C)N2C. The lowest BCUT2D eigenvalue weighted by Gasteiger charge is -2.38. The van der Waals surface area contributed by atoms with Gasteiger partial charge in [-0.15, -0.1) is 0 Å². The number of amides is 1. The molecule has 3 atom stereocenters. The highest BCUT2D eigenvalue weighted by molar-refractivity contribution is 5.87. The molecular formula is C25H38N2O3. The van der Waals surface area contributed by atoms with E-state index in [0.29, 0.717) is 5.56 Å². The monoisotopic (exact) mass is 414 g/mol. The maximum absolute atomic E-state index is 12.7. The van der Waals surface area contributed by atoms with Crippen LogP contribution in [0.15, 0.2) is 18.2 Å². The van der Waals surface area contributed by atoms with Crippen LogP contribution in [-0.2, 0) is 4.79 Å². The molecule has 1 aromatic carbocycles. The largest absolute Gasteiger partial charge is 0.394 e. The zero-order valence-electron chi connectivity index (χ0n) is 18.9. The molecular weight excluding hydrogens is 376 g/mol. The molecule has 0 aliphatic carbocycles. The van der Waals surface area contributed by atoms with Crippen molar-refractivity contribution in [3.8, 4) is 11.8 Å². The number of carbonyl (C=O) groups excluding carboxylic acids is 1. The second-order valence-electron chi connectivity index (χ2n) is 8.64. The van der Waals surface area contributed by atoms with Crippen LogP contribution in [0.5, 0.6) is 0 Å². The van der Waals surface area contributed by atoms with Crippen LogP contribution < -0.4 is 10.2 Å². The van der Waals surface area contributed by atoms with Crippen LogP contribution in [0.25, 0.3) is 0 Å². The molecule has 1 aromatic rings. The minimum atomic E-state index is -0.996. The van der Waals surface area contributed by atoms with Crippen LogP contribution in [0.4, 0.5) is 5.69 Å². The molecule has 0 spiro atoms. The Labute approximate surface area is 181 Å². The van der Waals surface area contributed by atoms with E-state index in [1.807, 2.05) is 44.0 Å². The van der Waals surface area contributed by atoms with Crippen LogP contribution in [0.1, 0.15) is 82.9 Å². The van der Waals surface area contributed by atoms with Crippen LogP contribution >= 0.6 is 0 Å². The zero-order chi connectivity index (χ0) is 22.1. The van der Waals surface area contributed by atoms with E-state index in [4.69, 9.17) is 0 Å². The molecule has 0 bridgehead atoms. The molecule has 0 saturated carbocycles. The third-order valence-corrected chi connectivity index (χ3v) is 5.84. The lowest BCUT2D eigenvalue weighted by Crippen LogP contribution is -2.55. The van der Waals surface area contributed by atoms with E-state index in [2.05, 4.69) is 24.1 Å². The Morgan fingerprint density at radius 1 is 1.17 bits per heavy atom. The second kappa shape index (κ2) is 12.0. The highest BCUT2D eigenvalue weighted by Crippen LogP contribution is 2.33. The van der Waals surface area contributed by atoms with Gasteiger partial charge in [0, 0.05) is 30.3 Å². The van der Waals surface area contributed by atoms with E-state index >= 15 is 0 Å². The molecule has 1 aliphatic heterocycles. The molecule has 30 heavy (non-hydrogen) atoms. The minimum absolute atomic E-state index is 0.0780. The van der Waals surface area contributed by atoms with Gasteiger partial charge < -0.3 is 20.4 Å². The van der Waals surface area contributed by atoms with Crippen LogP contribution in [0, 0.1) is 17.8 Å². The minimum Gasteiger partial charge on any atom is -0.394 e. The first-order valence-electron chi connectivity index (χ1n) is 11.4. The molecule has 3 N–H and O–H groups in total. The molecule has 0 fully saturated rings. The predicted octanol–water partition coefficient (Wildman–Crippen LogP) is 3.77. The summed E-state index contributed by atoms with van der Waals surface area (Å²) in [6.45, 7) is 5.89. The highest BCUT2D eigenvalue weighted by atomic mass is 16.3. The smallest absolute Gasteiger partial charge is 0.243 e. The summed E-state index contributed by atoms with van der Waals surface area (Å²) in [6, 6.07) is 4.64. The number of rotatable bonds is 8. The Morgan fingerprint density at radius 3 is 2.53 bits per heavy atom. The van der Waals surface area contributed by atoms with Crippen molar-refractivity contribution >= 4 is 11.6 Å². The predicted molar refractivity (Wildman–Crippen MR) is 122 cm³/mol. The molecule has 166 valence electrons. The number of anilines is 1. The summed E-state index contributed by atoms with van der Waals surface area (Å²) in [7, 11) is 1.87. The van der Waals surface area contributed by atoms with Crippen molar-refractivity contribution in [2.45, 2.75) is 83.9 Å². The number of benzene rings is 1. The molecule has 0 aromatic heterocycles. The average Bonchev–Trinajstić information content (AvgIpc) is 2.72. The van der Waals surface area contributed by atoms with Gasteiger partial charge in [0.05, 0.1) is 12.6 Å². The highest BCUT2D eigenvalue weighted by Gasteiger charge is 2.36. The summed E-state index contributed by atoms with van der Waals surface area (Å²) < 4.78 is 0. The second-order valence-corrected chi connectivity index (χ2v) is 8.64. The summed E-state index contributed by atoms with van der Waals surface area (Å²) in [5, 5.41) is 23.4. The Hall–Kier alpha value is -2.03. The van der Waals surface area contributed by atoms with Crippen molar-refractivity contribution < 1.29 is 15.0 Å². The first kappa shape index (κ1) is 24.2. The summed E-state index contributed by atoms with van der Waals surface area (Å²) >= 11 is 0. The number of nitrogens with one attached hydrogen (secondary N) is 1. The molecule has 1 aliphatic rings. The van der Waals surface area contributed by atoms with Gasteiger partial charge in [0.15, 0.2) is 0 Å². The number of nitrogens with zero attached hydrogens (tertiary/aromatic N) is 1. The summed E-state index contributed by atoms with van der Waals surface area (Å²) in [5.74, 6) is 6.36. The fraction of sp³-hybridized carbons (Fsp3) is 0.640. The molecule has 5 heteroatoms. The van der Waals surface area contributed by atoms with Crippen LogP contribution in [0.3, 0.4) is 0 Å². The van der Waals surface area contributed by atoms with Gasteiger partial charge in [-0.05, 0) is 30.5 Å². The zero-order valence-corrected chi connectivity index (χ0v) is 18.9. The summed E-state index contributed by atoms with van der Waals surface area (Å²) in [4.78, 5) is 14.6. The van der Waals surface area contributed by atoms with Gasteiger partial charge in [-0.2, -0.15) is 0 Å². The Morgan fingerprint density at radius 2 is 1.87 bits per heavy atom. The average molecular weight is 415 g/mol. The van der Waals surface area contributed by atoms with E-state index in [9.17, 15) is 15.0 Å². The summed E-state index contributed by atoms with van der Waals surface area (Å²) in [5.41, 5.74) is 2.33. The Balaban J connectivity index is 2.19. The molecule has 5 nitrogen and oxygen atoms in total. The van der Waals surface area contributed by atoms with E-state index in [1.165, 1.54) is 32.1 Å². The van der Waals surface area contributed by atoms with Crippen molar-refractivity contribution in [1.82, 2.24) is 5.32 Å². The molecule has 0 saturated heterocycles. The fourth-order valence-electron chi connectivity index (χ4n) is 4.13. The quantitative estimate of drug-likeness (QED) is 0.447. The van der Waals surface area contributed by atoms with Gasteiger partial charge in [-0.1, -0.05) is 64.7 Å². The first-order chi connectivity index (χ1) is 14.4. The lowest BCUT2D eigenvalue weighted by atomic mass is 9.92. The normalized spacial score (nSPS) is 21.4. The van der Waals surface area contributed by atoms with Crippen molar-refractivity contribution in [2.75, 3.05) is 18.6 Å². The summed E-state index contributed by atoms with van der Waals surface area (Å²) in [6.07, 6.45) is 7.36. The van der Waals surface area contributed by atoms with Gasteiger partial charge in [0.25, 0.3) is 0 Å². The number of aliphatic hydroxyl groups excluding tert-OH is 2. The number of hydrogen-bond donors (Lipinski definition) is 3. The number of aliphatic hydroxyl groups is 2. The number of carbonyl (C=O) groups is 1. The van der Waals surface area contributed by atoms with Crippen molar-refractivity contribution in [3.63, 3.8) is 0 Å². The third-order valence-electron chi connectivity index (χ3n) is 5.84. The fourth-order valence-corrected chi connectivity index (χ4v) is 4.13. The number of fused-ring (bicyclic) bond motifs is 1. The van der Waals surface area contributed by atoms with Crippen molar-refractivity contribution in [1.29, 1.82) is 0 Å². The maximum atomic E-state index is 12.7. The van der Waals surface area contributed by atoms with Gasteiger partial charge in [-0.25, -0.2) is 0 Å². The van der Waals surface area contributed by atoms with Gasteiger partial charge in [0.2, 0.25) is 5.91 Å². The van der Waals surface area contributed by atoms with E-state index in [1.54, 1.807) is 0 Å². The van der Waals surface area contributed by atoms with E-state index in [0.717, 1.165) is 24.1 Å². The number of hydrogen-bond acceptors (Lipinski definition) is 4. The topological polar surface area (TPSA) is 72.8 Å². The van der Waals surface area contributed by atoms with Gasteiger partial charge in [-0.3, -0.25) is 4.79 Å². The standard InChI is InChI=1S/C25H38N2O3/c1-5-6-7-8-9-10-11-12-13-19-14-15-22-20(16-19)24(29)21(17-28)26-25(30)23(18(2)3)27(22)4/h14-16,18,21,23-24,28-29H,5-11,17H2,1-4H3,(H,26,30)/t21-,23+,24+/m1/s1. The van der Waals surface area contributed by atoms with Crippen molar-refractivity contribution in [2.24, 2.45) is 5.92 Å². The number of unbranched alkanes of at least 4 members (excludes halogenated alkanes) is 6. The molecule has 0 unspecified atom stereocenters. The van der Waals surface area contributed by atoms with Crippen LogP contribution in [0.2, 0.25) is 0 Å². The molecule has 1 amide bonds. The molecule has 2 rings (SSSR count). The lowest BCUT2D eigenvalue weighted by molar-refractivity contribution is -0.125. The molecule has 0 radical (unpaired) electrons. The maximum Gasteiger partial charge on any atom is 0.243 e. The third kappa shape index (κ3) is 6.23. The molecule has 1 heterocycles.